The van der Waals surface area contributed by atoms with Gasteiger partial charge in [-0.3, -0.25) is 9.48 Å². The Bertz CT molecular complexity index is 1210. The summed E-state index contributed by atoms with van der Waals surface area (Å²) < 4.78 is 9.02. The van der Waals surface area contributed by atoms with Gasteiger partial charge in [-0.2, -0.15) is 15.5 Å². The monoisotopic (exact) mass is 386 g/mol. The molecule has 4 rings (SSSR count). The minimum Gasteiger partial charge on any atom is -0.454 e. The van der Waals surface area contributed by atoms with Crippen LogP contribution in [0.25, 0.3) is 5.69 Å². The van der Waals surface area contributed by atoms with Gasteiger partial charge in [-0.1, -0.05) is 18.2 Å². The third-order valence-corrected chi connectivity index (χ3v) is 4.42. The van der Waals surface area contributed by atoms with Crippen LogP contribution in [0.2, 0.25) is 0 Å². The largest absolute Gasteiger partial charge is 0.454 e. The number of furan rings is 1. The smallest absolute Gasteiger partial charge is 0.292 e. The van der Waals surface area contributed by atoms with E-state index in [4.69, 9.17) is 4.42 Å². The molecule has 3 aromatic heterocycles. The molecule has 1 aromatic carbocycles. The number of amides is 1. The molecule has 0 radical (unpaired) electrons. The highest BCUT2D eigenvalue weighted by Crippen LogP contribution is 2.21. The van der Waals surface area contributed by atoms with Crippen molar-refractivity contribution in [3.05, 3.63) is 83.2 Å². The zero-order valence-corrected chi connectivity index (χ0v) is 16.0. The quantitative estimate of drug-likeness (QED) is 0.566. The Balaban J connectivity index is 1.56. The highest BCUT2D eigenvalue weighted by molar-refractivity contribution is 6.02. The summed E-state index contributed by atoms with van der Waals surface area (Å²) in [7, 11) is 0. The number of rotatable bonds is 5. The van der Waals surface area contributed by atoms with Gasteiger partial charge in [0.25, 0.3) is 5.91 Å². The molecule has 4 aromatic rings. The number of nitriles is 1. The van der Waals surface area contributed by atoms with Crippen molar-refractivity contribution in [2.45, 2.75) is 20.4 Å². The number of hydrogen-bond acceptors (Lipinski definition) is 5. The predicted octanol–water partition coefficient (Wildman–Crippen LogP) is 3.45. The van der Waals surface area contributed by atoms with Gasteiger partial charge in [-0.05, 0) is 44.2 Å². The predicted molar refractivity (Wildman–Crippen MR) is 106 cm³/mol. The Morgan fingerprint density at radius 3 is 2.69 bits per heavy atom. The number of nitrogens with one attached hydrogen (secondary N) is 1. The second-order valence-corrected chi connectivity index (χ2v) is 6.57. The van der Waals surface area contributed by atoms with Crippen molar-refractivity contribution in [3.8, 4) is 11.8 Å². The van der Waals surface area contributed by atoms with Gasteiger partial charge in [0.1, 0.15) is 17.4 Å². The van der Waals surface area contributed by atoms with Gasteiger partial charge in [0.05, 0.1) is 24.1 Å². The van der Waals surface area contributed by atoms with Crippen LogP contribution < -0.4 is 5.32 Å². The maximum Gasteiger partial charge on any atom is 0.292 e. The second kappa shape index (κ2) is 7.48. The number of aromatic nitrogens is 4. The van der Waals surface area contributed by atoms with Crippen LogP contribution in [-0.2, 0) is 6.54 Å². The lowest BCUT2D eigenvalue weighted by Crippen LogP contribution is -2.15. The molecule has 29 heavy (non-hydrogen) atoms. The molecular weight excluding hydrogens is 368 g/mol. The molecule has 0 aliphatic carbocycles. The van der Waals surface area contributed by atoms with Crippen molar-refractivity contribution in [1.29, 1.82) is 5.26 Å². The van der Waals surface area contributed by atoms with E-state index in [0.717, 1.165) is 17.1 Å². The normalized spacial score (nSPS) is 10.7. The topological polar surface area (TPSA) is 102 Å². The summed E-state index contributed by atoms with van der Waals surface area (Å²) in [5, 5.41) is 20.7. The average Bonchev–Trinajstić information content (AvgIpc) is 3.42. The van der Waals surface area contributed by atoms with Crippen LogP contribution >= 0.6 is 0 Å². The van der Waals surface area contributed by atoms with Gasteiger partial charge >= 0.3 is 0 Å². The highest BCUT2D eigenvalue weighted by atomic mass is 16.4. The highest BCUT2D eigenvalue weighted by Gasteiger charge is 2.18. The van der Waals surface area contributed by atoms with Crippen molar-refractivity contribution < 1.29 is 9.21 Å². The van der Waals surface area contributed by atoms with Crippen molar-refractivity contribution in [3.63, 3.8) is 0 Å². The van der Waals surface area contributed by atoms with E-state index in [2.05, 4.69) is 15.5 Å². The molecule has 0 saturated carbocycles. The van der Waals surface area contributed by atoms with Gasteiger partial charge in [-0.15, -0.1) is 0 Å². The summed E-state index contributed by atoms with van der Waals surface area (Å²) in [6.45, 7) is 4.32. The molecule has 0 bridgehead atoms. The Morgan fingerprint density at radius 2 is 2.00 bits per heavy atom. The number of carbonyl (C=O) groups is 1. The molecule has 8 heteroatoms. The molecule has 0 aliphatic heterocycles. The van der Waals surface area contributed by atoms with Crippen molar-refractivity contribution >= 4 is 11.7 Å². The fourth-order valence-corrected chi connectivity index (χ4v) is 3.05. The molecule has 0 saturated heterocycles. The third-order valence-electron chi connectivity index (χ3n) is 4.42. The molecule has 0 fully saturated rings. The van der Waals surface area contributed by atoms with Crippen LogP contribution in [0.5, 0.6) is 0 Å². The van der Waals surface area contributed by atoms with E-state index >= 15 is 0 Å². The van der Waals surface area contributed by atoms with Crippen molar-refractivity contribution in [2.75, 3.05) is 5.32 Å². The lowest BCUT2D eigenvalue weighted by atomic mass is 10.3. The molecule has 0 unspecified atom stereocenters. The zero-order chi connectivity index (χ0) is 20.4. The summed E-state index contributed by atoms with van der Waals surface area (Å²) in [6, 6.07) is 16.6. The summed E-state index contributed by atoms with van der Waals surface area (Å²) in [4.78, 5) is 12.7. The number of carbonyl (C=O) groups excluding carboxylic acids is 1. The van der Waals surface area contributed by atoms with Crippen LogP contribution in [-0.4, -0.2) is 25.5 Å². The van der Waals surface area contributed by atoms with E-state index in [-0.39, 0.29) is 11.3 Å². The Kier molecular flexibility index (Phi) is 4.71. The summed E-state index contributed by atoms with van der Waals surface area (Å²) in [5.74, 6) is 0.587. The molecule has 144 valence electrons. The van der Waals surface area contributed by atoms with Gasteiger partial charge in [-0.25, -0.2) is 4.68 Å². The first-order valence-electron chi connectivity index (χ1n) is 9.00. The Hall–Kier alpha value is -4.12. The fraction of sp³-hybridized carbons (Fsp3) is 0.143. The molecule has 1 amide bonds. The Morgan fingerprint density at radius 1 is 1.21 bits per heavy atom. The van der Waals surface area contributed by atoms with Gasteiger partial charge < -0.3 is 9.73 Å². The van der Waals surface area contributed by atoms with Crippen LogP contribution in [0.1, 0.15) is 33.3 Å². The molecule has 0 spiro atoms. The molecule has 1 N–H and O–H groups in total. The number of benzene rings is 1. The standard InChI is InChI=1S/C21H18N6O2/c1-14-10-15(2)26(25-14)13-18-8-9-19(29-18)21(28)24-20-16(11-22)12-23-27(20)17-6-4-3-5-7-17/h3-10,12H,13H2,1-2H3,(H,24,28). The van der Waals surface area contributed by atoms with E-state index in [1.807, 2.05) is 61.0 Å². The first kappa shape index (κ1) is 18.3. The number of hydrogen-bond donors (Lipinski definition) is 1. The van der Waals surface area contributed by atoms with Crippen molar-refractivity contribution in [1.82, 2.24) is 19.6 Å². The Labute approximate surface area is 167 Å². The first-order chi connectivity index (χ1) is 14.0. The van der Waals surface area contributed by atoms with Crippen LogP contribution in [0.3, 0.4) is 0 Å². The average molecular weight is 386 g/mol. The maximum atomic E-state index is 12.7. The fourth-order valence-electron chi connectivity index (χ4n) is 3.05. The van der Waals surface area contributed by atoms with Gasteiger partial charge in [0, 0.05) is 5.69 Å². The van der Waals surface area contributed by atoms with Crippen LogP contribution in [0.4, 0.5) is 5.82 Å². The molecule has 0 atom stereocenters. The van der Waals surface area contributed by atoms with Crippen LogP contribution in [0.15, 0.2) is 59.1 Å². The number of aryl methyl sites for hydroxylation is 2. The lowest BCUT2D eigenvalue weighted by Gasteiger charge is -2.08. The number of para-hydroxylation sites is 1. The summed E-state index contributed by atoms with van der Waals surface area (Å²) in [6.07, 6.45) is 1.42. The van der Waals surface area contributed by atoms with E-state index in [0.29, 0.717) is 18.1 Å². The summed E-state index contributed by atoms with van der Waals surface area (Å²) >= 11 is 0. The third kappa shape index (κ3) is 3.66. The van der Waals surface area contributed by atoms with E-state index in [9.17, 15) is 10.1 Å². The SMILES string of the molecule is Cc1cc(C)n(Cc2ccc(C(=O)Nc3c(C#N)cnn3-c3ccccc3)o2)n1. The lowest BCUT2D eigenvalue weighted by molar-refractivity contribution is 0.0994. The second-order valence-electron chi connectivity index (χ2n) is 6.57. The van der Waals surface area contributed by atoms with Gasteiger partial charge in [0.15, 0.2) is 11.6 Å². The van der Waals surface area contributed by atoms with Crippen molar-refractivity contribution in [2.24, 2.45) is 0 Å². The maximum absolute atomic E-state index is 12.7. The van der Waals surface area contributed by atoms with E-state index < -0.39 is 5.91 Å². The summed E-state index contributed by atoms with van der Waals surface area (Å²) in [5.41, 5.74) is 2.92. The van der Waals surface area contributed by atoms with E-state index in [1.54, 1.807) is 12.1 Å². The molecule has 8 nitrogen and oxygen atoms in total. The molecule has 0 aliphatic rings. The van der Waals surface area contributed by atoms with Gasteiger partial charge in [0.2, 0.25) is 0 Å². The number of nitrogens with zero attached hydrogens (tertiary/aromatic N) is 5. The molecule has 3 heterocycles. The minimum absolute atomic E-state index is 0.145. The zero-order valence-electron chi connectivity index (χ0n) is 16.0. The van der Waals surface area contributed by atoms with E-state index in [1.165, 1.54) is 10.9 Å². The molecular formula is C21H18N6O2. The minimum atomic E-state index is -0.459. The van der Waals surface area contributed by atoms with Crippen LogP contribution in [0, 0.1) is 25.2 Å². The first-order valence-corrected chi connectivity index (χ1v) is 9.00. The number of anilines is 1.